The number of hydrogen-bond donors (Lipinski definition) is 0. The number of ether oxygens (including phenoxy) is 1. The van der Waals surface area contributed by atoms with E-state index in [-0.39, 0.29) is 17.5 Å². The van der Waals surface area contributed by atoms with Gasteiger partial charge in [-0.1, -0.05) is 11.6 Å². The molecule has 0 aliphatic heterocycles. The number of aromatic nitrogens is 3. The molecule has 1 aromatic heterocycles. The summed E-state index contributed by atoms with van der Waals surface area (Å²) in [6, 6.07) is 4.79. The van der Waals surface area contributed by atoms with Crippen molar-refractivity contribution in [1.29, 1.82) is 0 Å². The Morgan fingerprint density at radius 1 is 1.50 bits per heavy atom. The number of carbonyl (C=O) groups is 1. The second-order valence-corrected chi connectivity index (χ2v) is 5.65. The molecule has 0 aliphatic rings. The lowest BCUT2D eigenvalue weighted by Crippen LogP contribution is -2.13. The summed E-state index contributed by atoms with van der Waals surface area (Å²) in [6.45, 7) is 0.00453. The second kappa shape index (κ2) is 6.15. The third-order valence-corrected chi connectivity index (χ3v) is 3.75. The zero-order chi connectivity index (χ0) is 14.7. The van der Waals surface area contributed by atoms with Gasteiger partial charge in [0.1, 0.15) is 12.1 Å². The van der Waals surface area contributed by atoms with E-state index in [4.69, 9.17) is 16.3 Å². The minimum Gasteiger partial charge on any atom is -0.495 e. The fourth-order valence-electron chi connectivity index (χ4n) is 1.66. The highest BCUT2D eigenvalue weighted by Crippen LogP contribution is 2.25. The van der Waals surface area contributed by atoms with Crippen molar-refractivity contribution in [3.63, 3.8) is 0 Å². The molecule has 1 aromatic carbocycles. The van der Waals surface area contributed by atoms with Gasteiger partial charge in [0.2, 0.25) is 5.16 Å². The van der Waals surface area contributed by atoms with Crippen LogP contribution in [-0.2, 0) is 17.3 Å². The summed E-state index contributed by atoms with van der Waals surface area (Å²) < 4.78 is 17.9. The summed E-state index contributed by atoms with van der Waals surface area (Å²) in [5.41, 5.74) is 0.442. The molecular formula is C12H12ClN3O3S. The van der Waals surface area contributed by atoms with Gasteiger partial charge in [0.05, 0.1) is 29.5 Å². The molecule has 0 aliphatic carbocycles. The number of ketones is 1. The van der Waals surface area contributed by atoms with Crippen molar-refractivity contribution < 1.29 is 13.7 Å². The van der Waals surface area contributed by atoms with Crippen molar-refractivity contribution >= 4 is 28.2 Å². The van der Waals surface area contributed by atoms with Gasteiger partial charge in [0, 0.05) is 11.8 Å². The van der Waals surface area contributed by atoms with Crippen LogP contribution in [0.5, 0.6) is 5.75 Å². The maximum absolute atomic E-state index is 12.2. The van der Waals surface area contributed by atoms with E-state index in [0.717, 1.165) is 0 Å². The number of rotatable bonds is 5. The number of carbonyl (C=O) groups excluding carboxylic acids is 1. The maximum atomic E-state index is 12.2. The zero-order valence-electron chi connectivity index (χ0n) is 10.9. The first-order valence-corrected chi connectivity index (χ1v) is 7.54. The molecule has 0 fully saturated rings. The highest BCUT2D eigenvalue weighted by Gasteiger charge is 2.14. The van der Waals surface area contributed by atoms with Gasteiger partial charge in [-0.3, -0.25) is 13.6 Å². The van der Waals surface area contributed by atoms with Gasteiger partial charge in [0.15, 0.2) is 5.78 Å². The lowest BCUT2D eigenvalue weighted by molar-refractivity contribution is 0.0969. The van der Waals surface area contributed by atoms with E-state index in [1.54, 1.807) is 12.1 Å². The Balaban J connectivity index is 2.22. The molecule has 0 bridgehead atoms. The fourth-order valence-corrected chi connectivity index (χ4v) is 2.52. The first-order valence-electron chi connectivity index (χ1n) is 5.61. The summed E-state index contributed by atoms with van der Waals surface area (Å²) in [5.74, 6) is 0.323. The molecule has 0 unspecified atom stereocenters. The van der Waals surface area contributed by atoms with E-state index >= 15 is 0 Å². The Bertz CT molecular complexity index is 672. The van der Waals surface area contributed by atoms with Gasteiger partial charge in [-0.25, -0.2) is 0 Å². The zero-order valence-corrected chi connectivity index (χ0v) is 12.4. The molecule has 0 spiro atoms. The summed E-state index contributed by atoms with van der Waals surface area (Å²) in [6.07, 6.45) is 2.86. The van der Waals surface area contributed by atoms with Gasteiger partial charge in [-0.2, -0.15) is 0 Å². The molecule has 0 amide bonds. The monoisotopic (exact) mass is 313 g/mol. The predicted octanol–water partition coefficient (Wildman–Crippen LogP) is 1.56. The normalized spacial score (nSPS) is 12.2. The number of nitrogens with zero attached hydrogens (tertiary/aromatic N) is 3. The molecule has 0 radical (unpaired) electrons. The van der Waals surface area contributed by atoms with E-state index < -0.39 is 10.8 Å². The van der Waals surface area contributed by atoms with E-state index in [2.05, 4.69) is 10.2 Å². The molecule has 2 aromatic rings. The van der Waals surface area contributed by atoms with Crippen LogP contribution in [0.2, 0.25) is 5.02 Å². The van der Waals surface area contributed by atoms with Crippen molar-refractivity contribution in [1.82, 2.24) is 14.8 Å². The minimum absolute atomic E-state index is 0.00453. The van der Waals surface area contributed by atoms with Gasteiger partial charge < -0.3 is 4.74 Å². The van der Waals surface area contributed by atoms with E-state index in [9.17, 15) is 9.00 Å². The molecule has 20 heavy (non-hydrogen) atoms. The van der Waals surface area contributed by atoms with Gasteiger partial charge >= 0.3 is 0 Å². The Morgan fingerprint density at radius 3 is 2.85 bits per heavy atom. The quantitative estimate of drug-likeness (QED) is 0.783. The van der Waals surface area contributed by atoms with Crippen LogP contribution in [0.3, 0.4) is 0 Å². The van der Waals surface area contributed by atoms with E-state index in [0.29, 0.717) is 16.3 Å². The molecule has 2 rings (SSSR count). The number of Topliss-reactive ketones (excluding diaryl/α,β-unsaturated/α-hetero) is 1. The lowest BCUT2D eigenvalue weighted by atomic mass is 10.1. The SMILES string of the molecule is COc1ccc(C(=O)Cn2cnnc2[S@](C)=O)cc1Cl. The number of methoxy groups -OCH3 is 1. The van der Waals surface area contributed by atoms with Crippen LogP contribution in [0.4, 0.5) is 0 Å². The van der Waals surface area contributed by atoms with Crippen LogP contribution in [-0.4, -0.2) is 38.1 Å². The molecule has 0 N–H and O–H groups in total. The highest BCUT2D eigenvalue weighted by atomic mass is 35.5. The molecule has 106 valence electrons. The summed E-state index contributed by atoms with van der Waals surface area (Å²) in [7, 11) is 0.202. The summed E-state index contributed by atoms with van der Waals surface area (Å²) >= 11 is 5.98. The van der Waals surface area contributed by atoms with Crippen LogP contribution >= 0.6 is 11.6 Å². The van der Waals surface area contributed by atoms with Gasteiger partial charge in [-0.15, -0.1) is 10.2 Å². The third-order valence-electron chi connectivity index (χ3n) is 2.62. The van der Waals surface area contributed by atoms with E-state index in [1.807, 2.05) is 0 Å². The smallest absolute Gasteiger partial charge is 0.221 e. The lowest BCUT2D eigenvalue weighted by Gasteiger charge is -2.07. The Morgan fingerprint density at radius 2 is 2.25 bits per heavy atom. The molecule has 0 saturated carbocycles. The molecule has 1 atom stereocenters. The first-order chi connectivity index (χ1) is 9.52. The van der Waals surface area contributed by atoms with Crippen LogP contribution in [0, 0.1) is 0 Å². The van der Waals surface area contributed by atoms with Crippen molar-refractivity contribution in [2.75, 3.05) is 13.4 Å². The van der Waals surface area contributed by atoms with Crippen molar-refractivity contribution in [2.24, 2.45) is 0 Å². The van der Waals surface area contributed by atoms with Gasteiger partial charge in [-0.05, 0) is 18.2 Å². The topological polar surface area (TPSA) is 74.1 Å². The van der Waals surface area contributed by atoms with Crippen LogP contribution < -0.4 is 4.74 Å². The largest absolute Gasteiger partial charge is 0.495 e. The molecule has 0 saturated heterocycles. The van der Waals surface area contributed by atoms with Gasteiger partial charge in [0.25, 0.3) is 0 Å². The van der Waals surface area contributed by atoms with Crippen molar-refractivity contribution in [2.45, 2.75) is 11.7 Å². The number of hydrogen-bond acceptors (Lipinski definition) is 5. The number of halogens is 1. The second-order valence-electron chi connectivity index (χ2n) is 3.97. The molecule has 8 heteroatoms. The Labute approximate surface area is 123 Å². The fraction of sp³-hybridized carbons (Fsp3) is 0.250. The molecule has 6 nitrogen and oxygen atoms in total. The number of benzene rings is 1. The summed E-state index contributed by atoms with van der Waals surface area (Å²) in [4.78, 5) is 12.2. The molecular weight excluding hydrogens is 302 g/mol. The Kier molecular flexibility index (Phi) is 4.51. The van der Waals surface area contributed by atoms with Crippen molar-refractivity contribution in [3.05, 3.63) is 35.1 Å². The molecule has 1 heterocycles. The maximum Gasteiger partial charge on any atom is 0.221 e. The first kappa shape index (κ1) is 14.7. The average Bonchev–Trinajstić information content (AvgIpc) is 2.86. The Hall–Kier alpha value is -1.73. The summed E-state index contributed by atoms with van der Waals surface area (Å²) in [5, 5.41) is 8.00. The van der Waals surface area contributed by atoms with Crippen LogP contribution in [0.1, 0.15) is 10.4 Å². The van der Waals surface area contributed by atoms with Crippen LogP contribution in [0.15, 0.2) is 29.7 Å². The van der Waals surface area contributed by atoms with E-state index in [1.165, 1.54) is 30.3 Å². The highest BCUT2D eigenvalue weighted by molar-refractivity contribution is 7.84. The predicted molar refractivity (Wildman–Crippen MR) is 74.7 cm³/mol. The average molecular weight is 314 g/mol. The minimum atomic E-state index is -1.30. The standard InChI is InChI=1S/C12H12ClN3O3S/c1-19-11-4-3-8(5-9(11)13)10(17)6-16-7-14-15-12(16)20(2)18/h3-5,7H,6H2,1-2H3/t20-/m0/s1. The third kappa shape index (κ3) is 3.05. The van der Waals surface area contributed by atoms with Crippen molar-refractivity contribution in [3.8, 4) is 5.75 Å². The van der Waals surface area contributed by atoms with Crippen LogP contribution in [0.25, 0.3) is 0 Å².